The number of hydrogen-bond donors (Lipinski definition) is 0. The zero-order chi connectivity index (χ0) is 13.6. The normalized spacial score (nSPS) is 14.9. The predicted octanol–water partition coefficient (Wildman–Crippen LogP) is 1.89. The smallest absolute Gasteiger partial charge is 0.349 e. The van der Waals surface area contributed by atoms with Gasteiger partial charge in [0.05, 0.1) is 5.41 Å². The Labute approximate surface area is 102 Å². The van der Waals surface area contributed by atoms with Gasteiger partial charge < -0.3 is 14.2 Å². The van der Waals surface area contributed by atoms with Gasteiger partial charge in [-0.3, -0.25) is 4.79 Å². The molecule has 0 aliphatic heterocycles. The molecule has 100 valence electrons. The van der Waals surface area contributed by atoms with E-state index < -0.39 is 29.7 Å². The summed E-state index contributed by atoms with van der Waals surface area (Å²) in [6.07, 6.45) is -1.56. The zero-order valence-electron chi connectivity index (χ0n) is 11.4. The van der Waals surface area contributed by atoms with Crippen LogP contribution in [0.2, 0.25) is 0 Å². The molecule has 17 heavy (non-hydrogen) atoms. The molecule has 0 radical (unpaired) electrons. The maximum Gasteiger partial charge on any atom is 0.349 e. The minimum atomic E-state index is -0.926. The summed E-state index contributed by atoms with van der Waals surface area (Å²) < 4.78 is 15.0. The summed E-state index contributed by atoms with van der Waals surface area (Å²) in [4.78, 5) is 23.0. The fourth-order valence-corrected chi connectivity index (χ4v) is 0.914. The van der Waals surface area contributed by atoms with Crippen molar-refractivity contribution >= 4 is 11.9 Å². The highest BCUT2D eigenvalue weighted by atomic mass is 16.7. The Bertz CT molecular complexity index is 267. The number of carbonyl (C=O) groups excluding carboxylic acids is 2. The van der Waals surface area contributed by atoms with Gasteiger partial charge in [0.2, 0.25) is 0 Å². The van der Waals surface area contributed by atoms with E-state index in [1.165, 1.54) is 6.92 Å². The molecule has 0 bridgehead atoms. The van der Waals surface area contributed by atoms with Crippen LogP contribution in [-0.4, -0.2) is 30.9 Å². The largest absolute Gasteiger partial charge is 0.450 e. The first-order valence-electron chi connectivity index (χ1n) is 5.71. The van der Waals surface area contributed by atoms with Gasteiger partial charge in [0.25, 0.3) is 0 Å². The minimum Gasteiger partial charge on any atom is -0.450 e. The first-order valence-corrected chi connectivity index (χ1v) is 5.71. The van der Waals surface area contributed by atoms with Crippen LogP contribution in [-0.2, 0) is 23.8 Å². The Morgan fingerprint density at radius 1 is 1.12 bits per heavy atom. The third-order valence-corrected chi connectivity index (χ3v) is 1.91. The molecule has 0 aromatic rings. The molecule has 0 rings (SSSR count). The lowest BCUT2D eigenvalue weighted by Crippen LogP contribution is -2.34. The van der Waals surface area contributed by atoms with Crippen molar-refractivity contribution < 1.29 is 23.8 Å². The van der Waals surface area contributed by atoms with Gasteiger partial charge in [-0.1, -0.05) is 0 Å². The van der Waals surface area contributed by atoms with Crippen LogP contribution in [0.1, 0.15) is 41.5 Å². The van der Waals surface area contributed by atoms with Gasteiger partial charge in [-0.2, -0.15) is 0 Å². The maximum absolute atomic E-state index is 11.5. The van der Waals surface area contributed by atoms with Crippen LogP contribution in [0.5, 0.6) is 0 Å². The monoisotopic (exact) mass is 246 g/mol. The fraction of sp³-hybridized carbons (Fsp3) is 0.833. The van der Waals surface area contributed by atoms with Crippen LogP contribution >= 0.6 is 0 Å². The van der Waals surface area contributed by atoms with Gasteiger partial charge in [-0.25, -0.2) is 4.79 Å². The molecule has 0 aliphatic rings. The van der Waals surface area contributed by atoms with Gasteiger partial charge >= 0.3 is 11.9 Å². The van der Waals surface area contributed by atoms with Crippen LogP contribution in [0.25, 0.3) is 0 Å². The Kier molecular flexibility index (Phi) is 6.16. The summed E-state index contributed by atoms with van der Waals surface area (Å²) in [5.41, 5.74) is -0.639. The van der Waals surface area contributed by atoms with E-state index in [2.05, 4.69) is 0 Å². The second-order valence-corrected chi connectivity index (χ2v) is 4.76. The predicted molar refractivity (Wildman–Crippen MR) is 62.2 cm³/mol. The van der Waals surface area contributed by atoms with E-state index in [4.69, 9.17) is 14.2 Å². The lowest BCUT2D eigenvalue weighted by atomic mass is 9.97. The maximum atomic E-state index is 11.5. The molecule has 0 amide bonds. The van der Waals surface area contributed by atoms with Crippen LogP contribution in [0, 0.1) is 5.41 Å². The summed E-state index contributed by atoms with van der Waals surface area (Å²) in [6, 6.07) is 0. The summed E-state index contributed by atoms with van der Waals surface area (Å²) in [5.74, 6) is -1.05. The van der Waals surface area contributed by atoms with Crippen LogP contribution < -0.4 is 0 Å². The number of hydrogen-bond acceptors (Lipinski definition) is 5. The summed E-state index contributed by atoms with van der Waals surface area (Å²) in [7, 11) is 0. The second-order valence-electron chi connectivity index (χ2n) is 4.76. The molecule has 0 fully saturated rings. The molecule has 2 unspecified atom stereocenters. The van der Waals surface area contributed by atoms with E-state index in [0.717, 1.165) is 0 Å². The third kappa shape index (κ3) is 6.26. The van der Waals surface area contributed by atoms with E-state index in [0.29, 0.717) is 6.61 Å². The lowest BCUT2D eigenvalue weighted by Gasteiger charge is -2.21. The third-order valence-electron chi connectivity index (χ3n) is 1.91. The average Bonchev–Trinajstić information content (AvgIpc) is 2.16. The molecule has 5 heteroatoms. The summed E-state index contributed by atoms with van der Waals surface area (Å²) in [6.45, 7) is 10.5. The van der Waals surface area contributed by atoms with E-state index in [9.17, 15) is 9.59 Å². The Morgan fingerprint density at radius 2 is 1.65 bits per heavy atom. The molecular weight excluding hydrogens is 224 g/mol. The zero-order valence-corrected chi connectivity index (χ0v) is 11.4. The quantitative estimate of drug-likeness (QED) is 0.547. The molecule has 0 saturated carbocycles. The highest BCUT2D eigenvalue weighted by molar-refractivity contribution is 5.81. The molecule has 5 nitrogen and oxygen atoms in total. The average molecular weight is 246 g/mol. The van der Waals surface area contributed by atoms with E-state index in [1.807, 2.05) is 0 Å². The van der Waals surface area contributed by atoms with Crippen molar-refractivity contribution in [1.82, 2.24) is 0 Å². The number of esters is 2. The molecule has 0 heterocycles. The van der Waals surface area contributed by atoms with Gasteiger partial charge in [0.15, 0.2) is 12.4 Å². The topological polar surface area (TPSA) is 61.8 Å². The molecule has 0 aliphatic carbocycles. The molecule has 0 saturated heterocycles. The van der Waals surface area contributed by atoms with E-state index in [-0.39, 0.29) is 0 Å². The molecule has 0 aromatic carbocycles. The number of ether oxygens (including phenoxy) is 3. The van der Waals surface area contributed by atoms with Crippen molar-refractivity contribution in [2.45, 2.75) is 53.9 Å². The van der Waals surface area contributed by atoms with Crippen molar-refractivity contribution in [3.63, 3.8) is 0 Å². The molecule has 0 N–H and O–H groups in total. The van der Waals surface area contributed by atoms with Gasteiger partial charge in [-0.05, 0) is 41.5 Å². The molecule has 0 spiro atoms. The minimum absolute atomic E-state index is 0.439. The van der Waals surface area contributed by atoms with Crippen molar-refractivity contribution in [1.29, 1.82) is 0 Å². The van der Waals surface area contributed by atoms with E-state index in [1.54, 1.807) is 34.6 Å². The van der Waals surface area contributed by atoms with Gasteiger partial charge in [-0.15, -0.1) is 0 Å². The van der Waals surface area contributed by atoms with Crippen molar-refractivity contribution in [3.05, 3.63) is 0 Å². The SMILES string of the molecule is CCOC(C)OC(=O)C(C)OC(=O)C(C)(C)C. The van der Waals surface area contributed by atoms with Crippen LogP contribution in [0.3, 0.4) is 0 Å². The first-order chi connectivity index (χ1) is 7.68. The van der Waals surface area contributed by atoms with Crippen molar-refractivity contribution in [2.24, 2.45) is 5.41 Å². The van der Waals surface area contributed by atoms with E-state index >= 15 is 0 Å². The number of rotatable bonds is 5. The highest BCUT2D eigenvalue weighted by Crippen LogP contribution is 2.16. The molecule has 2 atom stereocenters. The Morgan fingerprint density at radius 3 is 2.06 bits per heavy atom. The van der Waals surface area contributed by atoms with Crippen molar-refractivity contribution in [2.75, 3.05) is 6.61 Å². The molecule has 0 aromatic heterocycles. The highest BCUT2D eigenvalue weighted by Gasteiger charge is 2.28. The number of carbonyl (C=O) groups is 2. The summed E-state index contributed by atoms with van der Waals surface area (Å²) in [5, 5.41) is 0. The molecular formula is C12H22O5. The second kappa shape index (κ2) is 6.59. The Balaban J connectivity index is 4.19. The van der Waals surface area contributed by atoms with Gasteiger partial charge in [0.1, 0.15) is 0 Å². The van der Waals surface area contributed by atoms with Crippen LogP contribution in [0.15, 0.2) is 0 Å². The van der Waals surface area contributed by atoms with Gasteiger partial charge in [0, 0.05) is 6.61 Å². The fourth-order valence-electron chi connectivity index (χ4n) is 0.914. The van der Waals surface area contributed by atoms with Crippen molar-refractivity contribution in [3.8, 4) is 0 Å². The lowest BCUT2D eigenvalue weighted by molar-refractivity contribution is -0.190. The first kappa shape index (κ1) is 15.9. The Hall–Kier alpha value is -1.10. The summed E-state index contributed by atoms with van der Waals surface area (Å²) >= 11 is 0. The standard InChI is InChI=1S/C12H22O5/c1-7-15-9(3)17-10(13)8(2)16-11(14)12(4,5)6/h8-9H,7H2,1-6H3. The van der Waals surface area contributed by atoms with Crippen LogP contribution in [0.4, 0.5) is 0 Å².